The minimum absolute atomic E-state index is 0.0287. The van der Waals surface area contributed by atoms with Crippen molar-refractivity contribution in [2.45, 2.75) is 83.3 Å². The third kappa shape index (κ3) is 3.54. The molecule has 7 rings (SSSR count). The summed E-state index contributed by atoms with van der Waals surface area (Å²) in [5.41, 5.74) is 2.10. The maximum absolute atomic E-state index is 13.5. The van der Waals surface area contributed by atoms with Gasteiger partial charge in [0.05, 0.1) is 29.6 Å². The van der Waals surface area contributed by atoms with E-state index in [9.17, 15) is 19.1 Å². The van der Waals surface area contributed by atoms with Gasteiger partial charge in [0.25, 0.3) is 0 Å². The largest absolute Gasteiger partial charge is 0.449 e. The average molecular weight is 565 g/mol. The molecule has 0 spiro atoms. The molecule has 40 heavy (non-hydrogen) atoms. The van der Waals surface area contributed by atoms with Crippen LogP contribution < -0.4 is 0 Å². The van der Waals surface area contributed by atoms with Gasteiger partial charge in [-0.2, -0.15) is 5.10 Å². The van der Waals surface area contributed by atoms with E-state index in [1.807, 2.05) is 10.9 Å². The van der Waals surface area contributed by atoms with Crippen LogP contribution in [0.4, 0.5) is 4.39 Å². The molecule has 0 aliphatic heterocycles. The van der Waals surface area contributed by atoms with Gasteiger partial charge in [-0.3, -0.25) is 9.59 Å². The Kier molecular flexibility index (Phi) is 5.97. The average Bonchev–Trinajstić information content (AvgIpc) is 3.39. The Morgan fingerprint density at radius 3 is 2.58 bits per heavy atom. The molecule has 5 aliphatic rings. The van der Waals surface area contributed by atoms with Gasteiger partial charge in [-0.1, -0.05) is 25.8 Å². The van der Waals surface area contributed by atoms with Crippen molar-refractivity contribution in [1.82, 2.24) is 9.78 Å². The van der Waals surface area contributed by atoms with E-state index in [0.29, 0.717) is 12.8 Å². The van der Waals surface area contributed by atoms with Gasteiger partial charge in [0.2, 0.25) is 5.12 Å². The number of thiol groups is 1. The Hall–Kier alpha value is -2.45. The van der Waals surface area contributed by atoms with Crippen LogP contribution in [0.5, 0.6) is 0 Å². The summed E-state index contributed by atoms with van der Waals surface area (Å²) >= 11 is 4.31. The van der Waals surface area contributed by atoms with Crippen molar-refractivity contribution in [3.63, 3.8) is 0 Å². The zero-order valence-corrected chi connectivity index (χ0v) is 24.0. The Morgan fingerprint density at radius 2 is 1.90 bits per heavy atom. The number of halogens is 1. The topological polar surface area (TPSA) is 81.4 Å². The Labute approximate surface area is 239 Å². The normalized spacial score (nSPS) is 38.3. The summed E-state index contributed by atoms with van der Waals surface area (Å²) in [7, 11) is 0. The van der Waals surface area contributed by atoms with Crippen LogP contribution in [0, 0.1) is 40.3 Å². The van der Waals surface area contributed by atoms with E-state index in [0.717, 1.165) is 61.9 Å². The molecule has 6 unspecified atom stereocenters. The van der Waals surface area contributed by atoms with Crippen LogP contribution in [0.15, 0.2) is 36.0 Å². The predicted molar refractivity (Wildman–Crippen MR) is 151 cm³/mol. The van der Waals surface area contributed by atoms with Crippen LogP contribution in [0.25, 0.3) is 11.8 Å². The summed E-state index contributed by atoms with van der Waals surface area (Å²) in [5, 5.41) is 16.2. The maximum Gasteiger partial charge on any atom is 0.309 e. The quantitative estimate of drug-likeness (QED) is 0.368. The van der Waals surface area contributed by atoms with Crippen molar-refractivity contribution in [3.05, 3.63) is 53.1 Å². The summed E-state index contributed by atoms with van der Waals surface area (Å²) in [6.45, 7) is 4.34. The summed E-state index contributed by atoms with van der Waals surface area (Å²) < 4.78 is 21.6. The molecule has 0 bridgehead atoms. The monoisotopic (exact) mass is 564 g/mol. The highest BCUT2D eigenvalue weighted by Gasteiger charge is 2.70. The number of hydrogen-bond acceptors (Lipinski definition) is 5. The SMILES string of the molecule is CC12Cc3cnn(-c4ccc(F)cc4)c3C=C1CCC1C3CCC(OC(=O)C4CCC4)(C(=O)S)C3(C)CC(O)[C@@H]12. The second-order valence-electron chi connectivity index (χ2n) is 13.5. The first kappa shape index (κ1) is 26.4. The zero-order valence-electron chi connectivity index (χ0n) is 23.1. The number of rotatable bonds is 4. The van der Waals surface area contributed by atoms with Crippen LogP contribution in [-0.4, -0.2) is 37.7 Å². The summed E-state index contributed by atoms with van der Waals surface area (Å²) in [5.74, 6) is -0.274. The van der Waals surface area contributed by atoms with Crippen molar-refractivity contribution >= 4 is 29.8 Å². The molecular weight excluding hydrogens is 527 g/mol. The fourth-order valence-electron chi connectivity index (χ4n) is 9.42. The van der Waals surface area contributed by atoms with Crippen LogP contribution in [-0.2, 0) is 20.7 Å². The number of fused-ring (bicyclic) bond motifs is 6. The van der Waals surface area contributed by atoms with Crippen molar-refractivity contribution < 1.29 is 23.8 Å². The van der Waals surface area contributed by atoms with Crippen molar-refractivity contribution in [2.75, 3.05) is 0 Å². The number of ether oxygens (including phenoxy) is 1. The number of aromatic nitrogens is 2. The highest BCUT2D eigenvalue weighted by atomic mass is 32.1. The number of allylic oxidation sites excluding steroid dienone is 1. The Balaban J connectivity index is 1.22. The first-order valence-corrected chi connectivity index (χ1v) is 15.2. The molecule has 4 saturated carbocycles. The van der Waals surface area contributed by atoms with Crippen LogP contribution in [0.2, 0.25) is 0 Å². The van der Waals surface area contributed by atoms with E-state index in [2.05, 4.69) is 37.7 Å². The van der Waals surface area contributed by atoms with Gasteiger partial charge in [0, 0.05) is 5.41 Å². The number of carbonyl (C=O) groups is 2. The lowest BCUT2D eigenvalue weighted by atomic mass is 9.45. The smallest absolute Gasteiger partial charge is 0.309 e. The number of aliphatic hydroxyl groups excluding tert-OH is 1. The molecule has 5 aliphatic carbocycles. The highest BCUT2D eigenvalue weighted by molar-refractivity contribution is 7.96. The predicted octanol–water partition coefficient (Wildman–Crippen LogP) is 5.70. The van der Waals surface area contributed by atoms with E-state index < -0.39 is 17.1 Å². The van der Waals surface area contributed by atoms with Gasteiger partial charge in [0.15, 0.2) is 5.60 Å². The molecule has 1 aromatic heterocycles. The van der Waals surface area contributed by atoms with Crippen LogP contribution >= 0.6 is 12.6 Å². The standard InChI is InChI=1S/C32H37FN2O4S/c1-30-15-19-17-34-35(22-9-7-21(33)8-10-22)25(19)14-20(30)6-11-23-24-12-13-32(29(38)40,39-28(37)18-4-3-5-18)31(24,2)16-26(36)27(23)30/h7-10,14,17-18,23-24,26-27,36H,3-6,11-13,15-16H2,1-2H3,(H,38,40)/t23?,24?,26?,27-,30?,31?,32?/m1/s1. The number of nitrogens with zero attached hydrogens (tertiary/aromatic N) is 2. The molecule has 1 aromatic carbocycles. The van der Waals surface area contributed by atoms with E-state index in [-0.39, 0.29) is 46.0 Å². The first-order valence-electron chi connectivity index (χ1n) is 14.8. The van der Waals surface area contributed by atoms with Gasteiger partial charge in [-0.25, -0.2) is 9.07 Å². The lowest BCUT2D eigenvalue weighted by Crippen LogP contribution is -2.62. The Bertz CT molecular complexity index is 1420. The molecule has 1 N–H and O–H groups in total. The molecule has 8 heteroatoms. The number of hydrogen-bond donors (Lipinski definition) is 2. The Morgan fingerprint density at radius 1 is 1.15 bits per heavy atom. The van der Waals surface area contributed by atoms with Crippen molar-refractivity contribution in [2.24, 2.45) is 34.5 Å². The van der Waals surface area contributed by atoms with E-state index >= 15 is 0 Å². The third-order valence-electron chi connectivity index (χ3n) is 11.7. The van der Waals surface area contributed by atoms with Gasteiger partial charge < -0.3 is 9.84 Å². The van der Waals surface area contributed by atoms with E-state index in [4.69, 9.17) is 4.74 Å². The van der Waals surface area contributed by atoms with Crippen molar-refractivity contribution in [3.8, 4) is 5.69 Å². The molecule has 7 atom stereocenters. The van der Waals surface area contributed by atoms with Crippen LogP contribution in [0.1, 0.15) is 76.5 Å². The van der Waals surface area contributed by atoms with Gasteiger partial charge in [-0.05, 0) is 110 Å². The lowest BCUT2D eigenvalue weighted by molar-refractivity contribution is -0.200. The molecule has 2 aromatic rings. The minimum atomic E-state index is -1.29. The number of esters is 1. The van der Waals surface area contributed by atoms with E-state index in [1.165, 1.54) is 17.7 Å². The molecule has 1 heterocycles. The number of aliphatic hydroxyl groups is 1. The second kappa shape index (κ2) is 9.02. The molecule has 0 saturated heterocycles. The van der Waals surface area contributed by atoms with Crippen LogP contribution in [0.3, 0.4) is 0 Å². The molecule has 0 radical (unpaired) electrons. The molecular formula is C32H37FN2O4S. The van der Waals surface area contributed by atoms with Crippen molar-refractivity contribution in [1.29, 1.82) is 0 Å². The minimum Gasteiger partial charge on any atom is -0.449 e. The molecule has 212 valence electrons. The fraction of sp³-hybridized carbons (Fsp3) is 0.594. The van der Waals surface area contributed by atoms with Gasteiger partial charge >= 0.3 is 5.97 Å². The summed E-state index contributed by atoms with van der Waals surface area (Å²) in [6, 6.07) is 6.38. The second-order valence-corrected chi connectivity index (χ2v) is 13.9. The van der Waals surface area contributed by atoms with Gasteiger partial charge in [-0.15, -0.1) is 12.6 Å². The fourth-order valence-corrected chi connectivity index (χ4v) is 9.84. The number of benzene rings is 1. The number of carbonyl (C=O) groups excluding carboxylic acids is 2. The lowest BCUT2D eigenvalue weighted by Gasteiger charge is -2.60. The highest BCUT2D eigenvalue weighted by Crippen LogP contribution is 2.68. The summed E-state index contributed by atoms with van der Waals surface area (Å²) in [4.78, 5) is 26.2. The molecule has 6 nitrogen and oxygen atoms in total. The maximum atomic E-state index is 13.5. The zero-order chi connectivity index (χ0) is 28.0. The molecule has 4 fully saturated rings. The first-order chi connectivity index (χ1) is 19.1. The third-order valence-corrected chi connectivity index (χ3v) is 12.0. The van der Waals surface area contributed by atoms with Gasteiger partial charge in [0.1, 0.15) is 5.82 Å². The summed E-state index contributed by atoms with van der Waals surface area (Å²) in [6.07, 6.45) is 10.4. The van der Waals surface area contributed by atoms with E-state index in [1.54, 1.807) is 12.1 Å². The molecule has 0 amide bonds.